The van der Waals surface area contributed by atoms with Crippen LogP contribution in [0.4, 0.5) is 4.79 Å². The molecule has 0 radical (unpaired) electrons. The molecule has 0 aliphatic carbocycles. The van der Waals surface area contributed by atoms with Crippen LogP contribution in [0.1, 0.15) is 24.5 Å². The Labute approximate surface area is 189 Å². The summed E-state index contributed by atoms with van der Waals surface area (Å²) < 4.78 is 23.9. The third-order valence-corrected chi connectivity index (χ3v) is 8.15. The summed E-state index contributed by atoms with van der Waals surface area (Å²) in [7, 11) is -3.06. The second-order valence-electron chi connectivity index (χ2n) is 8.67. The van der Waals surface area contributed by atoms with Gasteiger partial charge in [0.1, 0.15) is 5.54 Å². The van der Waals surface area contributed by atoms with Crippen molar-refractivity contribution in [2.24, 2.45) is 0 Å². The zero-order chi connectivity index (χ0) is 22.8. The number of urea groups is 1. The molecule has 0 saturated carbocycles. The second-order valence-corrected chi connectivity index (χ2v) is 10.9. The van der Waals surface area contributed by atoms with Gasteiger partial charge in [-0.1, -0.05) is 67.6 Å². The monoisotopic (exact) mass is 455 g/mol. The number of sulfone groups is 1. The molecular weight excluding hydrogens is 426 g/mol. The van der Waals surface area contributed by atoms with Crippen LogP contribution in [0.25, 0.3) is 0 Å². The molecule has 8 heteroatoms. The Balaban J connectivity index is 1.60. The third kappa shape index (κ3) is 4.71. The van der Waals surface area contributed by atoms with Crippen molar-refractivity contribution in [3.05, 3.63) is 71.8 Å². The Kier molecular flexibility index (Phi) is 6.35. The number of nitrogens with one attached hydrogen (secondary N) is 1. The molecule has 2 aliphatic heterocycles. The average molecular weight is 456 g/mol. The van der Waals surface area contributed by atoms with Gasteiger partial charge in [-0.2, -0.15) is 0 Å². The van der Waals surface area contributed by atoms with Crippen LogP contribution in [0.15, 0.2) is 60.7 Å². The molecule has 2 aromatic rings. The predicted octanol–water partition coefficient (Wildman–Crippen LogP) is 2.23. The lowest BCUT2D eigenvalue weighted by atomic mass is 9.84. The molecule has 2 fully saturated rings. The molecule has 170 valence electrons. The minimum atomic E-state index is -3.06. The largest absolute Gasteiger partial charge is 0.326 e. The normalized spacial score (nSPS) is 21.8. The second kappa shape index (κ2) is 9.03. The first kappa shape index (κ1) is 22.5. The summed E-state index contributed by atoms with van der Waals surface area (Å²) >= 11 is 0. The van der Waals surface area contributed by atoms with Crippen molar-refractivity contribution in [3.63, 3.8) is 0 Å². The third-order valence-electron chi connectivity index (χ3n) is 6.40. The van der Waals surface area contributed by atoms with E-state index in [2.05, 4.69) is 5.32 Å². The minimum Gasteiger partial charge on any atom is -0.322 e. The first-order chi connectivity index (χ1) is 15.3. The molecule has 2 heterocycles. The van der Waals surface area contributed by atoms with Crippen LogP contribution in [0.3, 0.4) is 0 Å². The number of rotatable bonds is 8. The van der Waals surface area contributed by atoms with E-state index < -0.39 is 21.4 Å². The van der Waals surface area contributed by atoms with Crippen LogP contribution in [0.2, 0.25) is 0 Å². The maximum atomic E-state index is 13.7. The highest BCUT2D eigenvalue weighted by Crippen LogP contribution is 2.28. The molecule has 2 aliphatic rings. The summed E-state index contributed by atoms with van der Waals surface area (Å²) in [6, 6.07) is 18.7. The summed E-state index contributed by atoms with van der Waals surface area (Å²) in [4.78, 5) is 29.9. The molecule has 4 rings (SSSR count). The summed E-state index contributed by atoms with van der Waals surface area (Å²) in [5.41, 5.74) is 0.849. The highest BCUT2D eigenvalue weighted by molar-refractivity contribution is 7.91. The summed E-state index contributed by atoms with van der Waals surface area (Å²) in [5, 5.41) is 2.99. The SMILES string of the molecule is CCN(CN1C(=O)NC(Cc2ccccc2)(Cc2ccccc2)C1=O)[C@@H]1CCS(=O)(=O)C1. The quantitative estimate of drug-likeness (QED) is 0.617. The van der Waals surface area contributed by atoms with E-state index in [0.717, 1.165) is 11.1 Å². The van der Waals surface area contributed by atoms with Crippen molar-refractivity contribution >= 4 is 21.8 Å². The van der Waals surface area contributed by atoms with E-state index in [4.69, 9.17) is 0 Å². The molecule has 1 N–H and O–H groups in total. The van der Waals surface area contributed by atoms with E-state index in [0.29, 0.717) is 25.8 Å². The lowest BCUT2D eigenvalue weighted by molar-refractivity contribution is -0.133. The maximum absolute atomic E-state index is 13.7. The number of carbonyl (C=O) groups excluding carboxylic acids is 2. The van der Waals surface area contributed by atoms with Gasteiger partial charge in [-0.3, -0.25) is 9.69 Å². The molecule has 2 saturated heterocycles. The van der Waals surface area contributed by atoms with Crippen molar-refractivity contribution in [3.8, 4) is 0 Å². The smallest absolute Gasteiger partial charge is 0.322 e. The Morgan fingerprint density at radius 2 is 1.56 bits per heavy atom. The Morgan fingerprint density at radius 3 is 2.03 bits per heavy atom. The van der Waals surface area contributed by atoms with Crippen LogP contribution in [-0.2, 0) is 27.5 Å². The first-order valence-corrected chi connectivity index (χ1v) is 12.8. The number of amides is 3. The van der Waals surface area contributed by atoms with Crippen molar-refractivity contribution in [1.82, 2.24) is 15.1 Å². The topological polar surface area (TPSA) is 86.8 Å². The van der Waals surface area contributed by atoms with Crippen molar-refractivity contribution in [2.45, 2.75) is 37.8 Å². The molecule has 32 heavy (non-hydrogen) atoms. The van der Waals surface area contributed by atoms with Gasteiger partial charge in [0.25, 0.3) is 5.91 Å². The van der Waals surface area contributed by atoms with Gasteiger partial charge in [0.05, 0.1) is 18.2 Å². The molecule has 0 aromatic heterocycles. The number of nitrogens with zero attached hydrogens (tertiary/aromatic N) is 2. The predicted molar refractivity (Wildman–Crippen MR) is 123 cm³/mol. The fraction of sp³-hybridized carbons (Fsp3) is 0.417. The van der Waals surface area contributed by atoms with Gasteiger partial charge in [0, 0.05) is 18.9 Å². The number of hydrogen-bond donors (Lipinski definition) is 1. The zero-order valence-electron chi connectivity index (χ0n) is 18.2. The van der Waals surface area contributed by atoms with E-state index in [1.54, 1.807) is 0 Å². The Hall–Kier alpha value is -2.71. The molecule has 2 aromatic carbocycles. The van der Waals surface area contributed by atoms with E-state index >= 15 is 0 Å². The van der Waals surface area contributed by atoms with Gasteiger partial charge < -0.3 is 5.32 Å². The minimum absolute atomic E-state index is 0.0731. The van der Waals surface area contributed by atoms with E-state index in [-0.39, 0.29) is 30.1 Å². The molecule has 0 spiro atoms. The fourth-order valence-corrected chi connectivity index (χ4v) is 6.48. The number of hydrogen-bond acceptors (Lipinski definition) is 5. The highest BCUT2D eigenvalue weighted by atomic mass is 32.2. The van der Waals surface area contributed by atoms with Gasteiger partial charge in [0.15, 0.2) is 9.84 Å². The highest BCUT2D eigenvalue weighted by Gasteiger charge is 2.51. The molecule has 7 nitrogen and oxygen atoms in total. The van der Waals surface area contributed by atoms with Gasteiger partial charge in [-0.05, 0) is 24.1 Å². The fourth-order valence-electron chi connectivity index (χ4n) is 4.71. The van der Waals surface area contributed by atoms with Crippen LogP contribution in [0, 0.1) is 0 Å². The van der Waals surface area contributed by atoms with Crippen molar-refractivity contribution in [1.29, 1.82) is 0 Å². The van der Waals surface area contributed by atoms with Gasteiger partial charge in [-0.15, -0.1) is 0 Å². The van der Waals surface area contributed by atoms with E-state index in [9.17, 15) is 18.0 Å². The van der Waals surface area contributed by atoms with Crippen molar-refractivity contribution in [2.75, 3.05) is 24.7 Å². The molecule has 0 bridgehead atoms. The molecule has 3 amide bonds. The lowest BCUT2D eigenvalue weighted by Gasteiger charge is -2.31. The summed E-state index contributed by atoms with van der Waals surface area (Å²) in [6.07, 6.45) is 1.29. The van der Waals surface area contributed by atoms with Crippen LogP contribution >= 0.6 is 0 Å². The van der Waals surface area contributed by atoms with Gasteiger partial charge >= 0.3 is 6.03 Å². The van der Waals surface area contributed by atoms with Crippen LogP contribution < -0.4 is 5.32 Å². The molecular formula is C24H29N3O4S. The molecule has 0 unspecified atom stereocenters. The average Bonchev–Trinajstić information content (AvgIpc) is 3.24. The van der Waals surface area contributed by atoms with Crippen LogP contribution in [0.5, 0.6) is 0 Å². The van der Waals surface area contributed by atoms with Crippen LogP contribution in [-0.4, -0.2) is 66.5 Å². The standard InChI is InChI=1S/C24H29N3O4S/c1-2-26(21-13-14-32(30,31)17-21)18-27-22(28)24(25-23(27)29,15-19-9-5-3-6-10-19)16-20-11-7-4-8-12-20/h3-12,21H,2,13-18H2,1H3,(H,25,29)/t21-/m1/s1. The summed E-state index contributed by atoms with van der Waals surface area (Å²) in [6.45, 7) is 2.57. The van der Waals surface area contributed by atoms with E-state index in [1.807, 2.05) is 72.5 Å². The lowest BCUT2D eigenvalue weighted by Crippen LogP contribution is -2.52. The van der Waals surface area contributed by atoms with Gasteiger partial charge in [0.2, 0.25) is 0 Å². The Morgan fingerprint density at radius 1 is 1.00 bits per heavy atom. The zero-order valence-corrected chi connectivity index (χ0v) is 19.1. The maximum Gasteiger partial charge on any atom is 0.326 e. The van der Waals surface area contributed by atoms with Crippen molar-refractivity contribution < 1.29 is 18.0 Å². The summed E-state index contributed by atoms with van der Waals surface area (Å²) in [5.74, 6) is -0.0429. The number of imide groups is 1. The molecule has 1 atom stereocenters. The van der Waals surface area contributed by atoms with Gasteiger partial charge in [-0.25, -0.2) is 18.1 Å². The number of benzene rings is 2. The van der Waals surface area contributed by atoms with E-state index in [1.165, 1.54) is 4.90 Å². The first-order valence-electron chi connectivity index (χ1n) is 11.0. The number of carbonyl (C=O) groups is 2. The Bertz CT molecular complexity index is 1030.